The number of nitrogens with zero attached hydrogens (tertiary/aromatic N) is 3. The Bertz CT molecular complexity index is 1590. The Kier molecular flexibility index (Phi) is 7.03. The number of nitrogens with one attached hydrogen (secondary N) is 2. The van der Waals surface area contributed by atoms with Crippen molar-refractivity contribution in [2.24, 2.45) is 0 Å². The van der Waals surface area contributed by atoms with Crippen LogP contribution < -0.4 is 10.1 Å². The summed E-state index contributed by atoms with van der Waals surface area (Å²) in [5, 5.41) is 3.96. The zero-order valence-electron chi connectivity index (χ0n) is 20.6. The first-order valence-electron chi connectivity index (χ1n) is 12.1. The predicted molar refractivity (Wildman–Crippen MR) is 141 cm³/mol. The van der Waals surface area contributed by atoms with E-state index in [0.29, 0.717) is 63.7 Å². The van der Waals surface area contributed by atoms with E-state index in [-0.39, 0.29) is 17.9 Å². The van der Waals surface area contributed by atoms with Crippen molar-refractivity contribution in [1.29, 1.82) is 0 Å². The zero-order valence-corrected chi connectivity index (χ0v) is 20.6. The van der Waals surface area contributed by atoms with E-state index in [1.807, 2.05) is 0 Å². The third kappa shape index (κ3) is 5.06. The molecule has 0 aliphatic carbocycles. The number of hydrogen-bond donors (Lipinski definition) is 2. The van der Waals surface area contributed by atoms with Crippen LogP contribution in [0, 0.1) is 25.9 Å². The fourth-order valence-electron chi connectivity index (χ4n) is 4.63. The molecule has 2 aromatic carbocycles. The number of fused-ring (bicyclic) bond motifs is 1. The Labute approximate surface area is 219 Å². The number of anilines is 1. The van der Waals surface area contributed by atoms with Gasteiger partial charge in [0, 0.05) is 35.5 Å². The van der Waals surface area contributed by atoms with E-state index < -0.39 is 5.82 Å². The molecule has 8 nitrogen and oxygen atoms in total. The Morgan fingerprint density at radius 2 is 2.05 bits per heavy atom. The largest absolute Gasteiger partial charge is 0.457 e. The normalized spacial score (nSPS) is 16.9. The van der Waals surface area contributed by atoms with E-state index in [4.69, 9.17) is 22.6 Å². The number of pyridine rings is 1. The summed E-state index contributed by atoms with van der Waals surface area (Å²) in [5.41, 5.74) is 2.90. The molecule has 0 spiro atoms. The maximum absolute atomic E-state index is 13.7. The standard InChI is InChI=1S/C29H24FN5O3/c1-17-11-21(38-20-6-4-5-18(30)12-20)9-10-23(17)28(36)24-14-33-29-26(24)27(25(32-3)15-34-29)35-19-7-8-22(13-31-2)37-16-19/h4-6,9-12,14-15,19,22H,7-8,13,16H2,1H3,(H2,33,34,35)/t19-,22+/m1/s1. The van der Waals surface area contributed by atoms with E-state index in [9.17, 15) is 9.18 Å². The van der Waals surface area contributed by atoms with Crippen LogP contribution in [0.5, 0.6) is 11.5 Å². The summed E-state index contributed by atoms with van der Waals surface area (Å²) in [7, 11) is 0. The van der Waals surface area contributed by atoms with Gasteiger partial charge in [-0.2, -0.15) is 0 Å². The molecule has 1 saturated heterocycles. The molecule has 4 aromatic rings. The molecule has 0 bridgehead atoms. The second-order valence-electron chi connectivity index (χ2n) is 9.14. The number of rotatable bonds is 7. The molecule has 0 unspecified atom stereocenters. The molecule has 1 aliphatic heterocycles. The third-order valence-corrected chi connectivity index (χ3v) is 6.53. The Morgan fingerprint density at radius 1 is 1.21 bits per heavy atom. The van der Waals surface area contributed by atoms with Crippen LogP contribution in [0.15, 0.2) is 54.9 Å². The molecule has 38 heavy (non-hydrogen) atoms. The molecule has 2 N–H and O–H groups in total. The predicted octanol–water partition coefficient (Wildman–Crippen LogP) is 6.46. The summed E-state index contributed by atoms with van der Waals surface area (Å²) in [5.74, 6) is 0.220. The summed E-state index contributed by atoms with van der Waals surface area (Å²) in [6.45, 7) is 17.3. The van der Waals surface area contributed by atoms with Crippen molar-refractivity contribution in [3.05, 3.63) is 100 Å². The van der Waals surface area contributed by atoms with Crippen molar-refractivity contribution >= 4 is 28.2 Å². The van der Waals surface area contributed by atoms with Crippen molar-refractivity contribution in [3.8, 4) is 11.5 Å². The van der Waals surface area contributed by atoms with Crippen LogP contribution in [0.4, 0.5) is 15.8 Å². The van der Waals surface area contributed by atoms with Gasteiger partial charge in [-0.3, -0.25) is 4.79 Å². The SMILES string of the molecule is [C-]#[N+]C[C@@H]1CC[C@@H](Nc2c([N+]#[C-])cnc3[nH]cc(C(=O)c4ccc(Oc5cccc(F)c5)cc4C)c23)CO1. The molecule has 3 heterocycles. The molecule has 0 saturated carbocycles. The number of aromatic nitrogens is 2. The highest BCUT2D eigenvalue weighted by molar-refractivity contribution is 6.20. The average molecular weight is 510 g/mol. The quantitative estimate of drug-likeness (QED) is 0.221. The number of ether oxygens (including phenoxy) is 2. The van der Waals surface area contributed by atoms with E-state index >= 15 is 0 Å². The minimum absolute atomic E-state index is 0.0677. The summed E-state index contributed by atoms with van der Waals surface area (Å²) in [4.78, 5) is 28.2. The Hall–Kier alpha value is -4.73. The van der Waals surface area contributed by atoms with Gasteiger partial charge >= 0.3 is 0 Å². The molecule has 2 atom stereocenters. The summed E-state index contributed by atoms with van der Waals surface area (Å²) in [6.07, 6.45) is 4.53. The highest BCUT2D eigenvalue weighted by Crippen LogP contribution is 2.37. The van der Waals surface area contributed by atoms with Crippen LogP contribution >= 0.6 is 0 Å². The van der Waals surface area contributed by atoms with Crippen LogP contribution in [0.1, 0.15) is 34.3 Å². The number of halogens is 1. The van der Waals surface area contributed by atoms with Crippen LogP contribution in [0.2, 0.25) is 0 Å². The summed E-state index contributed by atoms with van der Waals surface area (Å²) < 4.78 is 25.1. The number of aryl methyl sites for hydroxylation is 1. The summed E-state index contributed by atoms with van der Waals surface area (Å²) >= 11 is 0. The van der Waals surface area contributed by atoms with Gasteiger partial charge in [0.25, 0.3) is 0 Å². The number of hydrogen-bond acceptors (Lipinski definition) is 5. The zero-order chi connectivity index (χ0) is 26.6. The highest BCUT2D eigenvalue weighted by Gasteiger charge is 2.27. The number of benzene rings is 2. The highest BCUT2D eigenvalue weighted by atomic mass is 19.1. The van der Waals surface area contributed by atoms with E-state index in [2.05, 4.69) is 25.0 Å². The van der Waals surface area contributed by atoms with Crippen molar-refractivity contribution in [3.63, 3.8) is 0 Å². The van der Waals surface area contributed by atoms with Crippen molar-refractivity contribution in [2.45, 2.75) is 31.9 Å². The Balaban J connectivity index is 1.44. The number of carbonyl (C=O) groups is 1. The maximum atomic E-state index is 13.7. The van der Waals surface area contributed by atoms with E-state index in [0.717, 1.165) is 12.8 Å². The van der Waals surface area contributed by atoms with Crippen LogP contribution in [0.3, 0.4) is 0 Å². The lowest BCUT2D eigenvalue weighted by Crippen LogP contribution is -2.35. The second-order valence-corrected chi connectivity index (χ2v) is 9.14. The number of aromatic amines is 1. The minimum Gasteiger partial charge on any atom is -0.457 e. The van der Waals surface area contributed by atoms with E-state index in [1.54, 1.807) is 43.5 Å². The Morgan fingerprint density at radius 3 is 2.76 bits per heavy atom. The molecule has 1 aliphatic rings. The van der Waals surface area contributed by atoms with Gasteiger partial charge in [0.1, 0.15) is 29.1 Å². The van der Waals surface area contributed by atoms with Crippen LogP contribution in [-0.4, -0.2) is 41.0 Å². The van der Waals surface area contributed by atoms with Crippen LogP contribution in [0.25, 0.3) is 20.7 Å². The van der Waals surface area contributed by atoms with Gasteiger partial charge in [0.2, 0.25) is 12.2 Å². The number of carbonyl (C=O) groups excluding carboxylic acids is 1. The van der Waals surface area contributed by atoms with E-state index in [1.165, 1.54) is 18.3 Å². The molecular weight excluding hydrogens is 485 g/mol. The lowest BCUT2D eigenvalue weighted by Gasteiger charge is -2.28. The molecule has 2 aromatic heterocycles. The first-order valence-corrected chi connectivity index (χ1v) is 12.1. The van der Waals surface area contributed by atoms with Crippen molar-refractivity contribution in [1.82, 2.24) is 9.97 Å². The van der Waals surface area contributed by atoms with Gasteiger partial charge in [0.05, 0.1) is 24.4 Å². The van der Waals surface area contributed by atoms with Crippen molar-refractivity contribution in [2.75, 3.05) is 18.5 Å². The first-order chi connectivity index (χ1) is 18.5. The van der Waals surface area contributed by atoms with Crippen molar-refractivity contribution < 1.29 is 18.7 Å². The second kappa shape index (κ2) is 10.7. The van der Waals surface area contributed by atoms with Gasteiger partial charge in [-0.05, 0) is 55.7 Å². The molecule has 5 rings (SSSR count). The molecule has 9 heteroatoms. The molecule has 1 fully saturated rings. The maximum Gasteiger partial charge on any atom is 0.240 e. The minimum atomic E-state index is -0.398. The number of ketones is 1. The molecule has 0 radical (unpaired) electrons. The van der Waals surface area contributed by atoms with Gasteiger partial charge in [-0.15, -0.1) is 0 Å². The molecule has 190 valence electrons. The monoisotopic (exact) mass is 509 g/mol. The lowest BCUT2D eigenvalue weighted by molar-refractivity contribution is 0.0197. The summed E-state index contributed by atoms with van der Waals surface area (Å²) in [6, 6.07) is 10.9. The smallest absolute Gasteiger partial charge is 0.240 e. The first kappa shape index (κ1) is 24.9. The van der Waals surface area contributed by atoms with Gasteiger partial charge < -0.3 is 24.6 Å². The van der Waals surface area contributed by atoms with Crippen LogP contribution in [-0.2, 0) is 4.74 Å². The third-order valence-electron chi connectivity index (χ3n) is 6.53. The fraction of sp³-hybridized carbons (Fsp3) is 0.241. The lowest BCUT2D eigenvalue weighted by atomic mass is 9.97. The number of H-pyrrole nitrogens is 1. The average Bonchev–Trinajstić information content (AvgIpc) is 3.35. The molecule has 0 amide bonds. The molecular formula is C29H24FN5O3. The van der Waals surface area contributed by atoms with Gasteiger partial charge in [-0.1, -0.05) is 6.07 Å². The van der Waals surface area contributed by atoms with Gasteiger partial charge in [-0.25, -0.2) is 20.8 Å². The topological polar surface area (TPSA) is 85.0 Å². The van der Waals surface area contributed by atoms with Gasteiger partial charge in [0.15, 0.2) is 5.78 Å². The fourth-order valence-corrected chi connectivity index (χ4v) is 4.63.